The van der Waals surface area contributed by atoms with E-state index in [1.165, 1.54) is 12.1 Å². The van der Waals surface area contributed by atoms with Gasteiger partial charge in [0.05, 0.1) is 4.92 Å². The van der Waals surface area contributed by atoms with Gasteiger partial charge in [-0.3, -0.25) is 14.9 Å². The topological polar surface area (TPSA) is 101 Å². The molecule has 0 spiro atoms. The molecule has 100 valence electrons. The fourth-order valence-corrected chi connectivity index (χ4v) is 2.13. The molecule has 0 radical (unpaired) electrons. The minimum atomic E-state index is -0.463. The van der Waals surface area contributed by atoms with Crippen LogP contribution in [0.15, 0.2) is 35.1 Å². The van der Waals surface area contributed by atoms with Crippen molar-refractivity contribution in [3.63, 3.8) is 0 Å². The number of aromatic nitrogens is 2. The maximum absolute atomic E-state index is 11.7. The van der Waals surface area contributed by atoms with Gasteiger partial charge in [0.1, 0.15) is 11.4 Å². The van der Waals surface area contributed by atoms with Gasteiger partial charge >= 0.3 is 0 Å². The smallest absolute Gasteiger partial charge is 0.288 e. The van der Waals surface area contributed by atoms with Crippen molar-refractivity contribution in [1.82, 2.24) is 10.2 Å². The Morgan fingerprint density at radius 1 is 1.35 bits per heavy atom. The molecule has 2 aromatic rings. The molecule has 1 aromatic carbocycles. The third-order valence-electron chi connectivity index (χ3n) is 3.03. The van der Waals surface area contributed by atoms with Crippen LogP contribution in [-0.4, -0.2) is 21.7 Å². The lowest BCUT2D eigenvalue weighted by Gasteiger charge is -2.14. The molecule has 0 aliphatic carbocycles. The average Bonchev–Trinajstić information content (AvgIpc) is 2.48. The van der Waals surface area contributed by atoms with Gasteiger partial charge < -0.3 is 5.32 Å². The predicted molar refractivity (Wildman–Crippen MR) is 74.5 cm³/mol. The number of anilines is 1. The Hall–Kier alpha value is -2.96. The third-order valence-corrected chi connectivity index (χ3v) is 3.03. The second-order valence-electron chi connectivity index (χ2n) is 4.28. The van der Waals surface area contributed by atoms with Gasteiger partial charge in [-0.15, -0.1) is 0 Å². The minimum Gasteiger partial charge on any atom is -0.377 e. The first-order valence-electron chi connectivity index (χ1n) is 5.95. The molecule has 3 rings (SSSR count). The first-order valence-corrected chi connectivity index (χ1v) is 5.95. The van der Waals surface area contributed by atoms with Crippen LogP contribution in [0.1, 0.15) is 5.56 Å². The maximum atomic E-state index is 11.7. The van der Waals surface area contributed by atoms with Crippen molar-refractivity contribution in [2.24, 2.45) is 0 Å². The molecule has 7 nitrogen and oxygen atoms in total. The monoisotopic (exact) mass is 270 g/mol. The standard InChI is InChI=1S/C13H10N4O3/c18-13-12-10(5-2-6-14-12)11(15-16-13)8-3-1-4-9(7-8)17(19)20/h1-5,7,14H,6H2,(H,16,18). The normalized spacial score (nSPS) is 12.6. The molecule has 1 aromatic heterocycles. The van der Waals surface area contributed by atoms with E-state index in [9.17, 15) is 14.9 Å². The molecule has 0 saturated carbocycles. The average molecular weight is 270 g/mol. The highest BCUT2D eigenvalue weighted by Crippen LogP contribution is 2.29. The summed E-state index contributed by atoms with van der Waals surface area (Å²) in [4.78, 5) is 22.1. The number of rotatable bonds is 2. The van der Waals surface area contributed by atoms with Crippen LogP contribution >= 0.6 is 0 Å². The molecule has 2 N–H and O–H groups in total. The zero-order valence-corrected chi connectivity index (χ0v) is 10.3. The van der Waals surface area contributed by atoms with E-state index in [1.807, 2.05) is 6.08 Å². The van der Waals surface area contributed by atoms with E-state index in [0.717, 1.165) is 0 Å². The maximum Gasteiger partial charge on any atom is 0.288 e. The highest BCUT2D eigenvalue weighted by molar-refractivity contribution is 5.81. The lowest BCUT2D eigenvalue weighted by Crippen LogP contribution is -2.20. The van der Waals surface area contributed by atoms with Crippen LogP contribution in [0.2, 0.25) is 0 Å². The van der Waals surface area contributed by atoms with Crippen LogP contribution in [0.5, 0.6) is 0 Å². The molecule has 1 aliphatic heterocycles. The van der Waals surface area contributed by atoms with E-state index in [1.54, 1.807) is 18.2 Å². The second kappa shape index (κ2) is 4.61. The van der Waals surface area contributed by atoms with Crippen molar-refractivity contribution in [1.29, 1.82) is 0 Å². The molecule has 1 aliphatic rings. The lowest BCUT2D eigenvalue weighted by atomic mass is 10.0. The SMILES string of the molecule is O=c1[nH]nc(-c2cccc([N+](=O)[O-])c2)c2c1NCC=C2. The van der Waals surface area contributed by atoms with Crippen LogP contribution in [0, 0.1) is 10.1 Å². The van der Waals surface area contributed by atoms with Crippen molar-refractivity contribution >= 4 is 17.5 Å². The van der Waals surface area contributed by atoms with E-state index < -0.39 is 4.92 Å². The molecule has 2 heterocycles. The Balaban J connectivity index is 2.21. The number of nitrogens with one attached hydrogen (secondary N) is 2. The number of fused-ring (bicyclic) bond motifs is 1. The molecule has 20 heavy (non-hydrogen) atoms. The quantitative estimate of drug-likeness (QED) is 0.640. The van der Waals surface area contributed by atoms with Crippen molar-refractivity contribution in [2.75, 3.05) is 11.9 Å². The van der Waals surface area contributed by atoms with Crippen molar-refractivity contribution in [3.05, 3.63) is 56.4 Å². The van der Waals surface area contributed by atoms with Gasteiger partial charge in [0.25, 0.3) is 11.2 Å². The summed E-state index contributed by atoms with van der Waals surface area (Å²) in [6, 6.07) is 6.15. The van der Waals surface area contributed by atoms with Gasteiger partial charge in [-0.2, -0.15) is 5.10 Å². The number of benzene rings is 1. The zero-order chi connectivity index (χ0) is 14.1. The highest BCUT2D eigenvalue weighted by Gasteiger charge is 2.17. The van der Waals surface area contributed by atoms with Crippen molar-refractivity contribution in [2.45, 2.75) is 0 Å². The number of hydrogen-bond acceptors (Lipinski definition) is 5. The Kier molecular flexibility index (Phi) is 2.79. The van der Waals surface area contributed by atoms with Crippen LogP contribution in [0.4, 0.5) is 11.4 Å². The molecule has 7 heteroatoms. The van der Waals surface area contributed by atoms with Gasteiger partial charge in [-0.1, -0.05) is 24.3 Å². The van der Waals surface area contributed by atoms with E-state index in [0.29, 0.717) is 29.1 Å². The highest BCUT2D eigenvalue weighted by atomic mass is 16.6. The summed E-state index contributed by atoms with van der Waals surface area (Å²) >= 11 is 0. The Labute approximate surface area is 113 Å². The van der Waals surface area contributed by atoms with Crippen molar-refractivity contribution < 1.29 is 4.92 Å². The molecule has 0 atom stereocenters. The number of non-ortho nitro benzene ring substituents is 1. The number of nitro benzene ring substituents is 1. The van der Waals surface area contributed by atoms with Crippen LogP contribution in [-0.2, 0) is 0 Å². The summed E-state index contributed by atoms with van der Waals surface area (Å²) in [5, 5.41) is 20.2. The fraction of sp³-hybridized carbons (Fsp3) is 0.0769. The molecule has 0 fully saturated rings. The van der Waals surface area contributed by atoms with E-state index in [2.05, 4.69) is 15.5 Å². The van der Waals surface area contributed by atoms with Gasteiger partial charge in [0.2, 0.25) is 0 Å². The van der Waals surface area contributed by atoms with Crippen LogP contribution in [0.25, 0.3) is 17.3 Å². The Morgan fingerprint density at radius 2 is 2.20 bits per heavy atom. The largest absolute Gasteiger partial charge is 0.377 e. The van der Waals surface area contributed by atoms with E-state index >= 15 is 0 Å². The zero-order valence-electron chi connectivity index (χ0n) is 10.3. The Bertz CT molecular complexity index is 779. The number of hydrogen-bond donors (Lipinski definition) is 2. The molecule has 0 amide bonds. The van der Waals surface area contributed by atoms with Gasteiger partial charge in [-0.05, 0) is 0 Å². The fourth-order valence-electron chi connectivity index (χ4n) is 2.13. The van der Waals surface area contributed by atoms with Gasteiger partial charge in [0.15, 0.2) is 0 Å². The third kappa shape index (κ3) is 1.95. The number of nitrogens with zero attached hydrogens (tertiary/aromatic N) is 2. The summed E-state index contributed by atoms with van der Waals surface area (Å²) in [5.74, 6) is 0. The second-order valence-corrected chi connectivity index (χ2v) is 4.28. The first kappa shape index (κ1) is 12.1. The minimum absolute atomic E-state index is 0.0167. The number of nitro groups is 1. The van der Waals surface area contributed by atoms with Gasteiger partial charge in [0, 0.05) is 29.8 Å². The van der Waals surface area contributed by atoms with Crippen molar-refractivity contribution in [3.8, 4) is 11.3 Å². The summed E-state index contributed by atoms with van der Waals surface area (Å²) in [5.41, 5.74) is 1.84. The first-order chi connectivity index (χ1) is 9.66. The van der Waals surface area contributed by atoms with Crippen LogP contribution < -0.4 is 10.9 Å². The number of H-pyrrole nitrogens is 1. The van der Waals surface area contributed by atoms with Gasteiger partial charge in [-0.25, -0.2) is 5.10 Å². The summed E-state index contributed by atoms with van der Waals surface area (Å²) in [6.07, 6.45) is 3.66. The molecular formula is C13H10N4O3. The van der Waals surface area contributed by atoms with E-state index in [4.69, 9.17) is 0 Å². The van der Waals surface area contributed by atoms with Crippen LogP contribution in [0.3, 0.4) is 0 Å². The molecule has 0 bridgehead atoms. The summed E-state index contributed by atoms with van der Waals surface area (Å²) < 4.78 is 0. The lowest BCUT2D eigenvalue weighted by molar-refractivity contribution is -0.384. The molecular weight excluding hydrogens is 260 g/mol. The molecule has 0 unspecified atom stereocenters. The summed E-state index contributed by atoms with van der Waals surface area (Å²) in [6.45, 7) is 0.564. The number of aromatic amines is 1. The predicted octanol–water partition coefficient (Wildman–Crippen LogP) is 1.78. The summed E-state index contributed by atoms with van der Waals surface area (Å²) in [7, 11) is 0. The molecule has 0 saturated heterocycles. The van der Waals surface area contributed by atoms with E-state index in [-0.39, 0.29) is 11.2 Å². The Morgan fingerprint density at radius 3 is 3.00 bits per heavy atom.